The second-order valence-electron chi connectivity index (χ2n) is 5.06. The van der Waals surface area contributed by atoms with Crippen molar-refractivity contribution >= 4 is 33.2 Å². The van der Waals surface area contributed by atoms with E-state index in [0.717, 1.165) is 25.3 Å². The molecule has 2 aromatic carbocycles. The molecule has 0 aromatic heterocycles. The van der Waals surface area contributed by atoms with Crippen molar-refractivity contribution in [2.75, 3.05) is 7.11 Å². The number of nitro groups is 2. The molecule has 0 saturated carbocycles. The number of halogens is 1. The lowest BCUT2D eigenvalue weighted by atomic mass is 10.2. The van der Waals surface area contributed by atoms with E-state index in [1.165, 1.54) is 12.1 Å². The minimum Gasteiger partial charge on any atom is -0.480 e. The summed E-state index contributed by atoms with van der Waals surface area (Å²) in [5, 5.41) is 22.3. The van der Waals surface area contributed by atoms with E-state index in [9.17, 15) is 28.6 Å². The summed E-state index contributed by atoms with van der Waals surface area (Å²) in [6.45, 7) is 0. The number of benzene rings is 2. The fourth-order valence-electron chi connectivity index (χ4n) is 2.00. The van der Waals surface area contributed by atoms with E-state index in [1.807, 2.05) is 0 Å². The second-order valence-corrected chi connectivity index (χ2v) is 7.11. The van der Waals surface area contributed by atoms with Gasteiger partial charge >= 0.3 is 21.3 Å². The highest BCUT2D eigenvalue weighted by atomic mass is 35.5. The number of ether oxygens (including phenoxy) is 2. The van der Waals surface area contributed by atoms with Crippen LogP contribution in [0.5, 0.6) is 5.75 Å². The van der Waals surface area contributed by atoms with Crippen LogP contribution >= 0.6 is 11.6 Å². The third-order valence-corrected chi connectivity index (χ3v) is 4.63. The highest BCUT2D eigenvalue weighted by Crippen LogP contribution is 2.31. The lowest BCUT2D eigenvalue weighted by Crippen LogP contribution is -2.35. The summed E-state index contributed by atoms with van der Waals surface area (Å²) in [6, 6.07) is 10.7. The Morgan fingerprint density at radius 2 is 1.79 bits per heavy atom. The molecule has 0 N–H and O–H groups in total. The van der Waals surface area contributed by atoms with Gasteiger partial charge < -0.3 is 9.47 Å². The van der Waals surface area contributed by atoms with Gasteiger partial charge in [-0.1, -0.05) is 29.8 Å². The largest absolute Gasteiger partial charge is 0.480 e. The first-order valence-electron chi connectivity index (χ1n) is 7.33. The lowest BCUT2D eigenvalue weighted by molar-refractivity contribution is -0.534. The molecular formula is C15H12ClN3O8S. The third-order valence-electron chi connectivity index (χ3n) is 3.20. The van der Waals surface area contributed by atoms with Gasteiger partial charge in [0.25, 0.3) is 0 Å². The Hall–Kier alpha value is -3.25. The van der Waals surface area contributed by atoms with Gasteiger partial charge in [-0.2, -0.15) is 8.42 Å². The molecule has 28 heavy (non-hydrogen) atoms. The first kappa shape index (κ1) is 21.1. The summed E-state index contributed by atoms with van der Waals surface area (Å²) in [5.41, 5.74) is -3.25. The highest BCUT2D eigenvalue weighted by molar-refractivity contribution is 7.90. The van der Waals surface area contributed by atoms with Gasteiger partial charge in [0.15, 0.2) is 0 Å². The topological polar surface area (TPSA) is 151 Å². The Morgan fingerprint density at radius 3 is 2.32 bits per heavy atom. The van der Waals surface area contributed by atoms with Crippen molar-refractivity contribution in [1.29, 1.82) is 0 Å². The van der Waals surface area contributed by atoms with Crippen molar-refractivity contribution in [3.05, 3.63) is 79.3 Å². The molecule has 2 aromatic rings. The van der Waals surface area contributed by atoms with Crippen molar-refractivity contribution < 1.29 is 27.7 Å². The number of sulfonamides is 1. The van der Waals surface area contributed by atoms with Gasteiger partial charge in [-0.05, 0) is 24.3 Å². The molecule has 148 valence electrons. The van der Waals surface area contributed by atoms with Gasteiger partial charge in [0, 0.05) is 16.7 Å². The van der Waals surface area contributed by atoms with Crippen LogP contribution in [-0.4, -0.2) is 36.8 Å². The lowest BCUT2D eigenvalue weighted by Gasteiger charge is -2.11. The highest BCUT2D eigenvalue weighted by Gasteiger charge is 2.41. The first-order chi connectivity index (χ1) is 13.2. The Balaban J connectivity index is 2.47. The average Bonchev–Trinajstić information content (AvgIpc) is 2.65. The summed E-state index contributed by atoms with van der Waals surface area (Å²) >= 11 is 5.65. The van der Waals surface area contributed by atoms with E-state index < -0.39 is 42.8 Å². The van der Waals surface area contributed by atoms with Crippen LogP contribution < -0.4 is 4.74 Å². The molecular weight excluding hydrogens is 418 g/mol. The van der Waals surface area contributed by atoms with E-state index in [0.29, 0.717) is 0 Å². The molecule has 0 radical (unpaired) electrons. The van der Waals surface area contributed by atoms with Gasteiger partial charge in [-0.25, -0.2) is 0 Å². The molecule has 13 heteroatoms. The number of nitro benzene ring substituents is 1. The molecule has 0 saturated heterocycles. The van der Waals surface area contributed by atoms with Gasteiger partial charge in [-0.3, -0.25) is 20.2 Å². The fraction of sp³-hybridized carbons (Fsp3) is 0.133. The van der Waals surface area contributed by atoms with E-state index in [2.05, 4.69) is 4.40 Å². The van der Waals surface area contributed by atoms with Crippen LogP contribution in [0.3, 0.4) is 0 Å². The van der Waals surface area contributed by atoms with Crippen LogP contribution in [0.2, 0.25) is 5.02 Å². The molecule has 0 amide bonds. The molecule has 0 aliphatic rings. The van der Waals surface area contributed by atoms with Gasteiger partial charge in [-0.15, -0.1) is 4.40 Å². The summed E-state index contributed by atoms with van der Waals surface area (Å²) < 4.78 is 37.9. The maximum absolute atomic E-state index is 12.4. The summed E-state index contributed by atoms with van der Waals surface area (Å²) in [6.07, 6.45) is 0. The molecule has 1 unspecified atom stereocenters. The first-order valence-corrected chi connectivity index (χ1v) is 9.21. The predicted molar refractivity (Wildman–Crippen MR) is 98.4 cm³/mol. The number of methoxy groups -OCH3 is 1. The Morgan fingerprint density at radius 1 is 1.14 bits per heavy atom. The smallest absolute Gasteiger partial charge is 0.476 e. The number of hydrogen-bond donors (Lipinski definition) is 0. The number of hydrogen-bond acceptors (Lipinski definition) is 8. The van der Waals surface area contributed by atoms with E-state index >= 15 is 0 Å². The molecule has 11 nitrogen and oxygen atoms in total. The SMILES string of the molecule is CO/C(=N\S(=O)(=O)C(Oc1ccc(Cl)cc1[N+](=O)[O-])[N+](=O)[O-])c1ccccc1. The average molecular weight is 430 g/mol. The standard InChI is InChI=1S/C15H12ClN3O8S/c1-26-14(10-5-3-2-4-6-10)17-28(24,25)15(19(22)23)27-13-8-7-11(16)9-12(13)18(20)21/h2-9,15H,1H3/b17-14-. The Labute approximate surface area is 163 Å². The monoisotopic (exact) mass is 429 g/mol. The molecule has 0 aliphatic heterocycles. The maximum Gasteiger partial charge on any atom is 0.476 e. The summed E-state index contributed by atoms with van der Waals surface area (Å²) in [4.78, 5) is 20.2. The minimum absolute atomic E-state index is 0.0386. The minimum atomic E-state index is -4.95. The Bertz CT molecular complexity index is 1030. The molecule has 2 rings (SSSR count). The van der Waals surface area contributed by atoms with E-state index in [1.54, 1.807) is 18.2 Å². The quantitative estimate of drug-likeness (QED) is 0.214. The predicted octanol–water partition coefficient (Wildman–Crippen LogP) is 2.61. The summed E-state index contributed by atoms with van der Waals surface area (Å²) in [7, 11) is -3.81. The van der Waals surface area contributed by atoms with Crippen LogP contribution in [0.1, 0.15) is 5.56 Å². The van der Waals surface area contributed by atoms with Crippen LogP contribution in [0.25, 0.3) is 0 Å². The van der Waals surface area contributed by atoms with Crippen molar-refractivity contribution in [2.24, 2.45) is 4.40 Å². The number of rotatable bonds is 7. The van der Waals surface area contributed by atoms with Crippen molar-refractivity contribution in [3.8, 4) is 5.75 Å². The number of nitrogens with zero attached hydrogens (tertiary/aromatic N) is 3. The van der Waals surface area contributed by atoms with Crippen molar-refractivity contribution in [1.82, 2.24) is 0 Å². The van der Waals surface area contributed by atoms with E-state index in [4.69, 9.17) is 21.1 Å². The molecule has 0 bridgehead atoms. The molecule has 0 heterocycles. The zero-order valence-corrected chi connectivity index (χ0v) is 15.7. The van der Waals surface area contributed by atoms with E-state index in [-0.39, 0.29) is 10.6 Å². The van der Waals surface area contributed by atoms with Gasteiger partial charge in [0.2, 0.25) is 11.6 Å². The molecule has 0 aliphatic carbocycles. The van der Waals surface area contributed by atoms with Crippen molar-refractivity contribution in [3.63, 3.8) is 0 Å². The Kier molecular flexibility index (Phi) is 6.49. The zero-order valence-electron chi connectivity index (χ0n) is 14.1. The third kappa shape index (κ3) is 4.92. The van der Waals surface area contributed by atoms with Crippen LogP contribution in [0.15, 0.2) is 52.9 Å². The second kappa shape index (κ2) is 8.63. The molecule has 0 spiro atoms. The molecule has 1 atom stereocenters. The van der Waals surface area contributed by atoms with Crippen LogP contribution in [-0.2, 0) is 14.8 Å². The molecule has 0 fully saturated rings. The van der Waals surface area contributed by atoms with Crippen molar-refractivity contribution in [2.45, 2.75) is 5.56 Å². The zero-order chi connectivity index (χ0) is 20.9. The summed E-state index contributed by atoms with van der Waals surface area (Å²) in [5.74, 6) is -1.07. The fourth-order valence-corrected chi connectivity index (χ4v) is 3.11. The van der Waals surface area contributed by atoms with Gasteiger partial charge in [0.1, 0.15) is 0 Å². The van der Waals surface area contributed by atoms with Gasteiger partial charge in [0.05, 0.1) is 17.0 Å². The normalized spacial score (nSPS) is 12.9. The van der Waals surface area contributed by atoms with Crippen LogP contribution in [0.4, 0.5) is 5.69 Å². The maximum atomic E-state index is 12.4. The van der Waals surface area contributed by atoms with Crippen LogP contribution in [0, 0.1) is 20.2 Å².